The molecule has 1 aliphatic carbocycles. The number of carbonyl (C=O) groups is 2. The van der Waals surface area contributed by atoms with E-state index in [2.05, 4.69) is 31.3 Å². The van der Waals surface area contributed by atoms with E-state index in [1.54, 1.807) is 6.07 Å². The molecule has 5 atom stereocenters. The average Bonchev–Trinajstić information content (AvgIpc) is 3.03. The molecule has 1 saturated heterocycles. The van der Waals surface area contributed by atoms with Gasteiger partial charge < -0.3 is 10.1 Å². The molecule has 2 aliphatic rings. The first-order chi connectivity index (χ1) is 15.3. The Morgan fingerprint density at radius 1 is 1.19 bits per heavy atom. The molecule has 0 unspecified atom stereocenters. The zero-order valence-electron chi connectivity index (χ0n) is 18.7. The Kier molecular flexibility index (Phi) is 6.56. The van der Waals surface area contributed by atoms with Crippen molar-refractivity contribution in [1.29, 1.82) is 0 Å². The lowest BCUT2D eigenvalue weighted by molar-refractivity contribution is -0.131. The van der Waals surface area contributed by atoms with Gasteiger partial charge in [-0.2, -0.15) is 0 Å². The maximum absolute atomic E-state index is 13.1. The van der Waals surface area contributed by atoms with E-state index in [4.69, 9.17) is 27.9 Å². The first kappa shape index (κ1) is 23.1. The predicted octanol–water partition coefficient (Wildman–Crippen LogP) is 6.15. The van der Waals surface area contributed by atoms with Crippen LogP contribution < -0.4 is 10.1 Å². The number of rotatable bonds is 6. The van der Waals surface area contributed by atoms with Gasteiger partial charge in [0.05, 0.1) is 5.41 Å². The predicted molar refractivity (Wildman–Crippen MR) is 128 cm³/mol. The van der Waals surface area contributed by atoms with E-state index < -0.39 is 0 Å². The van der Waals surface area contributed by atoms with Crippen LogP contribution in [-0.2, 0) is 9.59 Å². The fourth-order valence-corrected chi connectivity index (χ4v) is 6.41. The van der Waals surface area contributed by atoms with Gasteiger partial charge in [0.25, 0.3) is 0 Å². The van der Waals surface area contributed by atoms with Crippen molar-refractivity contribution in [1.82, 2.24) is 5.32 Å². The van der Waals surface area contributed by atoms with Gasteiger partial charge in [0.15, 0.2) is 5.78 Å². The molecule has 1 saturated carbocycles. The first-order valence-corrected chi connectivity index (χ1v) is 12.0. The Morgan fingerprint density at radius 3 is 2.53 bits per heavy atom. The van der Waals surface area contributed by atoms with Crippen molar-refractivity contribution in [3.63, 3.8) is 0 Å². The Labute approximate surface area is 199 Å². The van der Waals surface area contributed by atoms with E-state index in [1.807, 2.05) is 24.3 Å². The smallest absolute Gasteiger partial charge is 0.226 e. The first-order valence-electron chi connectivity index (χ1n) is 11.2. The van der Waals surface area contributed by atoms with E-state index in [-0.39, 0.29) is 47.5 Å². The molecule has 0 aromatic heterocycles. The van der Waals surface area contributed by atoms with Gasteiger partial charge in [0.1, 0.15) is 12.4 Å². The molecule has 2 aromatic carbocycles. The molecular formula is C26H29Cl2NO3. The Hall–Kier alpha value is -2.04. The number of hydrogen-bond donors (Lipinski definition) is 1. The Morgan fingerprint density at radius 2 is 1.91 bits per heavy atom. The maximum atomic E-state index is 13.1. The maximum Gasteiger partial charge on any atom is 0.226 e. The highest BCUT2D eigenvalue weighted by Crippen LogP contribution is 2.60. The van der Waals surface area contributed by atoms with Crippen LogP contribution in [0.2, 0.25) is 10.0 Å². The van der Waals surface area contributed by atoms with Gasteiger partial charge in [-0.15, -0.1) is 0 Å². The molecule has 0 spiro atoms. The number of carbonyl (C=O) groups excluding carboxylic acids is 2. The van der Waals surface area contributed by atoms with Crippen molar-refractivity contribution >= 4 is 34.9 Å². The Balaban J connectivity index is 1.77. The molecule has 32 heavy (non-hydrogen) atoms. The number of halogens is 2. The molecule has 4 rings (SSSR count). The van der Waals surface area contributed by atoms with Gasteiger partial charge >= 0.3 is 0 Å². The minimum Gasteiger partial charge on any atom is -0.486 e. The van der Waals surface area contributed by atoms with Crippen LogP contribution in [0.5, 0.6) is 5.75 Å². The van der Waals surface area contributed by atoms with Crippen LogP contribution >= 0.6 is 23.2 Å². The molecule has 1 aliphatic heterocycles. The molecule has 6 heteroatoms. The molecule has 1 N–H and O–H groups in total. The third-order valence-electron chi connectivity index (χ3n) is 7.41. The van der Waals surface area contributed by atoms with E-state index in [0.717, 1.165) is 24.8 Å². The second-order valence-corrected chi connectivity index (χ2v) is 10.0. The number of hydrogen-bond acceptors (Lipinski definition) is 3. The monoisotopic (exact) mass is 473 g/mol. The SMILES string of the molecule is CC[C@@]12CC[C@@H](c3ccc(OCC(C)=O)cc3Cl)[C@H](c3ccc(Cl)cc3)[C@@H]1[C@@H](C)NC2=O. The Bertz CT molecular complexity index is 1020. The third-order valence-corrected chi connectivity index (χ3v) is 7.99. The van der Waals surface area contributed by atoms with Crippen molar-refractivity contribution in [3.05, 3.63) is 63.6 Å². The van der Waals surface area contributed by atoms with Gasteiger partial charge in [-0.3, -0.25) is 9.59 Å². The molecule has 0 radical (unpaired) electrons. The summed E-state index contributed by atoms with van der Waals surface area (Å²) in [6, 6.07) is 13.8. The number of ether oxygens (including phenoxy) is 1. The van der Waals surface area contributed by atoms with Gasteiger partial charge in [-0.1, -0.05) is 48.3 Å². The van der Waals surface area contributed by atoms with Gasteiger partial charge in [-0.25, -0.2) is 0 Å². The number of Topliss-reactive ketones (excluding diaryl/α,β-unsaturated/α-hetero) is 1. The van der Waals surface area contributed by atoms with Crippen LogP contribution in [0.4, 0.5) is 0 Å². The van der Waals surface area contributed by atoms with Crippen LogP contribution in [0.15, 0.2) is 42.5 Å². The lowest BCUT2D eigenvalue weighted by Crippen LogP contribution is -2.43. The number of ketones is 1. The van der Waals surface area contributed by atoms with E-state index >= 15 is 0 Å². The quantitative estimate of drug-likeness (QED) is 0.546. The highest BCUT2D eigenvalue weighted by atomic mass is 35.5. The minimum absolute atomic E-state index is 0.0267. The van der Waals surface area contributed by atoms with Gasteiger partial charge in [0, 0.05) is 22.0 Å². The largest absolute Gasteiger partial charge is 0.486 e. The number of amides is 1. The van der Waals surface area contributed by atoms with Crippen LogP contribution in [0.25, 0.3) is 0 Å². The topological polar surface area (TPSA) is 55.4 Å². The average molecular weight is 474 g/mol. The van der Waals surface area contributed by atoms with E-state index in [0.29, 0.717) is 15.8 Å². The molecule has 1 heterocycles. The molecule has 170 valence electrons. The van der Waals surface area contributed by atoms with Gasteiger partial charge in [-0.05, 0) is 80.3 Å². The van der Waals surface area contributed by atoms with Crippen LogP contribution in [0.1, 0.15) is 63.0 Å². The normalized spacial score (nSPS) is 29.3. The van der Waals surface area contributed by atoms with Crippen molar-refractivity contribution in [2.24, 2.45) is 11.3 Å². The summed E-state index contributed by atoms with van der Waals surface area (Å²) in [6.07, 6.45) is 2.51. The van der Waals surface area contributed by atoms with E-state index in [1.165, 1.54) is 12.5 Å². The standard InChI is InChI=1S/C26H29Cl2NO3/c1-4-26-12-11-21(20-10-9-19(13-22(20)28)32-14-15(2)30)23(17-5-7-18(27)8-6-17)24(26)16(3)29-25(26)31/h5-10,13,16,21,23-24H,4,11-12,14H2,1-3H3,(H,29,31)/t16-,21+,23+,24+,26-/m1/s1. The summed E-state index contributed by atoms with van der Waals surface area (Å²) < 4.78 is 5.55. The number of benzene rings is 2. The molecule has 0 bridgehead atoms. The van der Waals surface area contributed by atoms with Crippen molar-refractivity contribution < 1.29 is 14.3 Å². The summed E-state index contributed by atoms with van der Waals surface area (Å²) in [6.45, 7) is 5.76. The lowest BCUT2D eigenvalue weighted by Gasteiger charge is -2.47. The number of fused-ring (bicyclic) bond motifs is 1. The van der Waals surface area contributed by atoms with Crippen LogP contribution in [-0.4, -0.2) is 24.3 Å². The molecule has 2 fully saturated rings. The van der Waals surface area contributed by atoms with Crippen LogP contribution in [0.3, 0.4) is 0 Å². The van der Waals surface area contributed by atoms with Gasteiger partial charge in [0.2, 0.25) is 5.91 Å². The second-order valence-electron chi connectivity index (χ2n) is 9.19. The molecule has 4 nitrogen and oxygen atoms in total. The molecule has 2 aromatic rings. The fraction of sp³-hybridized carbons (Fsp3) is 0.462. The molecular weight excluding hydrogens is 445 g/mol. The number of nitrogens with one attached hydrogen (secondary N) is 1. The third kappa shape index (κ3) is 4.04. The van der Waals surface area contributed by atoms with Crippen molar-refractivity contribution in [2.45, 2.75) is 57.9 Å². The zero-order chi connectivity index (χ0) is 23.0. The van der Waals surface area contributed by atoms with Crippen molar-refractivity contribution in [2.75, 3.05) is 6.61 Å². The summed E-state index contributed by atoms with van der Waals surface area (Å²) in [4.78, 5) is 24.3. The summed E-state index contributed by atoms with van der Waals surface area (Å²) in [5.74, 6) is 1.16. The summed E-state index contributed by atoms with van der Waals surface area (Å²) in [7, 11) is 0. The molecule has 1 amide bonds. The highest BCUT2D eigenvalue weighted by molar-refractivity contribution is 6.31. The lowest BCUT2D eigenvalue weighted by atomic mass is 9.54. The minimum atomic E-state index is -0.364. The summed E-state index contributed by atoms with van der Waals surface area (Å²) in [5, 5.41) is 4.56. The fourth-order valence-electron chi connectivity index (χ4n) is 5.98. The van der Waals surface area contributed by atoms with Crippen molar-refractivity contribution in [3.8, 4) is 5.75 Å². The van der Waals surface area contributed by atoms with E-state index in [9.17, 15) is 9.59 Å². The summed E-state index contributed by atoms with van der Waals surface area (Å²) >= 11 is 13.0. The zero-order valence-corrected chi connectivity index (χ0v) is 20.2. The van der Waals surface area contributed by atoms with Crippen LogP contribution in [0, 0.1) is 11.3 Å². The summed E-state index contributed by atoms with van der Waals surface area (Å²) in [5.41, 5.74) is 1.87. The highest BCUT2D eigenvalue weighted by Gasteiger charge is 2.59. The second kappa shape index (κ2) is 9.07.